The minimum Gasteiger partial charge on any atom is -0.337 e. The molecule has 3 nitrogen and oxygen atoms in total. The lowest BCUT2D eigenvalue weighted by atomic mass is 10.1. The number of halogens is 1. The van der Waals surface area contributed by atoms with E-state index in [1.807, 2.05) is 65.5 Å². The van der Waals surface area contributed by atoms with Crippen LogP contribution in [0.1, 0.15) is 15.2 Å². The van der Waals surface area contributed by atoms with Crippen LogP contribution in [0, 0.1) is 0 Å². The molecule has 5 heteroatoms. The highest BCUT2D eigenvalue weighted by Crippen LogP contribution is 2.23. The van der Waals surface area contributed by atoms with Crippen molar-refractivity contribution in [3.05, 3.63) is 75.7 Å². The van der Waals surface area contributed by atoms with E-state index in [9.17, 15) is 4.79 Å². The van der Waals surface area contributed by atoms with Crippen LogP contribution >= 0.6 is 22.9 Å². The molecule has 2 heterocycles. The molecular formula is C17H15ClN2OS. The van der Waals surface area contributed by atoms with Crippen LogP contribution in [0.4, 0.5) is 0 Å². The van der Waals surface area contributed by atoms with E-state index in [0.717, 1.165) is 14.9 Å². The number of aromatic nitrogens is 1. The van der Waals surface area contributed by atoms with Crippen LogP contribution in [0.25, 0.3) is 5.69 Å². The summed E-state index contributed by atoms with van der Waals surface area (Å²) in [5.41, 5.74) is 1.65. The van der Waals surface area contributed by atoms with Gasteiger partial charge in [-0.15, -0.1) is 11.3 Å². The van der Waals surface area contributed by atoms with Gasteiger partial charge >= 0.3 is 0 Å². The van der Waals surface area contributed by atoms with E-state index in [0.29, 0.717) is 12.1 Å². The van der Waals surface area contributed by atoms with Crippen LogP contribution in [-0.2, 0) is 6.54 Å². The molecule has 1 amide bonds. The van der Waals surface area contributed by atoms with Crippen molar-refractivity contribution in [2.75, 3.05) is 7.05 Å². The Kier molecular flexibility index (Phi) is 4.32. The van der Waals surface area contributed by atoms with E-state index in [4.69, 9.17) is 11.6 Å². The molecule has 0 unspecified atom stereocenters. The summed E-state index contributed by atoms with van der Waals surface area (Å²) in [5.74, 6) is -0.00136. The van der Waals surface area contributed by atoms with Crippen molar-refractivity contribution >= 4 is 28.8 Å². The average Bonchev–Trinajstić information content (AvgIpc) is 3.18. The fraction of sp³-hybridized carbons (Fsp3) is 0.118. The van der Waals surface area contributed by atoms with Crippen molar-refractivity contribution in [1.29, 1.82) is 0 Å². The van der Waals surface area contributed by atoms with Gasteiger partial charge in [0.15, 0.2) is 0 Å². The number of rotatable bonds is 4. The molecule has 0 saturated heterocycles. The third-order valence-electron chi connectivity index (χ3n) is 3.36. The maximum atomic E-state index is 12.6. The Morgan fingerprint density at radius 3 is 2.64 bits per heavy atom. The molecule has 1 aromatic carbocycles. The quantitative estimate of drug-likeness (QED) is 0.693. The lowest BCUT2D eigenvalue weighted by Gasteiger charge is -2.17. The first-order valence-electron chi connectivity index (χ1n) is 6.86. The molecule has 0 aliphatic rings. The summed E-state index contributed by atoms with van der Waals surface area (Å²) in [4.78, 5) is 15.3. The van der Waals surface area contributed by atoms with Gasteiger partial charge in [-0.3, -0.25) is 4.79 Å². The predicted molar refractivity (Wildman–Crippen MR) is 90.9 cm³/mol. The highest BCUT2D eigenvalue weighted by molar-refractivity contribution is 7.16. The molecule has 0 fully saturated rings. The van der Waals surface area contributed by atoms with Gasteiger partial charge in [-0.05, 0) is 42.5 Å². The second-order valence-electron chi connectivity index (χ2n) is 5.01. The molecule has 0 N–H and O–H groups in total. The van der Waals surface area contributed by atoms with Crippen LogP contribution in [0.3, 0.4) is 0 Å². The van der Waals surface area contributed by atoms with E-state index >= 15 is 0 Å². The van der Waals surface area contributed by atoms with Crippen LogP contribution < -0.4 is 0 Å². The Morgan fingerprint density at radius 1 is 1.18 bits per heavy atom. The Bertz CT molecular complexity index is 780. The smallest absolute Gasteiger partial charge is 0.253 e. The van der Waals surface area contributed by atoms with E-state index in [-0.39, 0.29) is 5.91 Å². The van der Waals surface area contributed by atoms with Crippen LogP contribution in [0.2, 0.25) is 4.34 Å². The zero-order valence-corrected chi connectivity index (χ0v) is 13.6. The van der Waals surface area contributed by atoms with Crippen LogP contribution in [0.15, 0.2) is 60.9 Å². The number of benzene rings is 1. The zero-order chi connectivity index (χ0) is 15.5. The first-order chi connectivity index (χ1) is 10.6. The minimum atomic E-state index is -0.00136. The number of amides is 1. The number of hydrogen-bond acceptors (Lipinski definition) is 2. The first kappa shape index (κ1) is 14.9. The lowest BCUT2D eigenvalue weighted by molar-refractivity contribution is 0.0786. The lowest BCUT2D eigenvalue weighted by Crippen LogP contribution is -2.25. The summed E-state index contributed by atoms with van der Waals surface area (Å²) in [6.45, 7) is 0.559. The third-order valence-corrected chi connectivity index (χ3v) is 4.58. The van der Waals surface area contributed by atoms with Gasteiger partial charge in [-0.2, -0.15) is 0 Å². The van der Waals surface area contributed by atoms with Crippen molar-refractivity contribution in [3.63, 3.8) is 0 Å². The Labute approximate surface area is 138 Å². The molecular weight excluding hydrogens is 316 g/mol. The monoisotopic (exact) mass is 330 g/mol. The highest BCUT2D eigenvalue weighted by Gasteiger charge is 2.13. The second kappa shape index (κ2) is 6.38. The molecule has 3 aromatic rings. The molecule has 0 spiro atoms. The van der Waals surface area contributed by atoms with Crippen molar-refractivity contribution < 1.29 is 4.79 Å². The topological polar surface area (TPSA) is 25.2 Å². The van der Waals surface area contributed by atoms with Gasteiger partial charge in [-0.25, -0.2) is 0 Å². The van der Waals surface area contributed by atoms with E-state index in [2.05, 4.69) is 0 Å². The number of hydrogen-bond donors (Lipinski definition) is 0. The fourth-order valence-electron chi connectivity index (χ4n) is 2.27. The van der Waals surface area contributed by atoms with Gasteiger partial charge in [0.1, 0.15) is 0 Å². The van der Waals surface area contributed by atoms with Crippen molar-refractivity contribution in [3.8, 4) is 5.69 Å². The summed E-state index contributed by atoms with van der Waals surface area (Å²) < 4.78 is 2.72. The molecule has 112 valence electrons. The normalized spacial score (nSPS) is 10.6. The number of thiophene rings is 1. The summed E-state index contributed by atoms with van der Waals surface area (Å²) in [6.07, 6.45) is 3.92. The van der Waals surface area contributed by atoms with Crippen molar-refractivity contribution in [1.82, 2.24) is 9.47 Å². The summed E-state index contributed by atoms with van der Waals surface area (Å²) >= 11 is 7.43. The maximum absolute atomic E-state index is 12.6. The molecule has 22 heavy (non-hydrogen) atoms. The summed E-state index contributed by atoms with van der Waals surface area (Å²) in [7, 11) is 1.80. The number of carbonyl (C=O) groups excluding carboxylic acids is 1. The number of nitrogens with zero attached hydrogens (tertiary/aromatic N) is 2. The molecule has 0 radical (unpaired) electrons. The van der Waals surface area contributed by atoms with E-state index in [1.54, 1.807) is 11.9 Å². The average molecular weight is 331 g/mol. The molecule has 2 aromatic heterocycles. The fourth-order valence-corrected chi connectivity index (χ4v) is 3.41. The van der Waals surface area contributed by atoms with Gasteiger partial charge in [-0.1, -0.05) is 17.7 Å². The van der Waals surface area contributed by atoms with Crippen LogP contribution in [0.5, 0.6) is 0 Å². The highest BCUT2D eigenvalue weighted by atomic mass is 35.5. The standard InChI is InChI=1S/C17H15ClN2OS/c1-19(12-15-7-8-16(18)22-15)17(21)13-5-4-6-14(11-13)20-9-2-3-10-20/h2-11H,12H2,1H3. The van der Waals surface area contributed by atoms with Crippen molar-refractivity contribution in [2.24, 2.45) is 0 Å². The van der Waals surface area contributed by atoms with Crippen LogP contribution in [-0.4, -0.2) is 22.4 Å². The SMILES string of the molecule is CN(Cc1ccc(Cl)s1)C(=O)c1cccc(-n2cccc2)c1. The summed E-state index contributed by atoms with van der Waals surface area (Å²) in [6, 6.07) is 15.4. The Hall–Kier alpha value is -2.04. The van der Waals surface area contributed by atoms with Gasteiger partial charge in [0.2, 0.25) is 0 Å². The van der Waals surface area contributed by atoms with Gasteiger partial charge < -0.3 is 9.47 Å². The van der Waals surface area contributed by atoms with Gasteiger partial charge in [0.05, 0.1) is 10.9 Å². The Balaban J connectivity index is 1.78. The third kappa shape index (κ3) is 3.24. The molecule has 0 saturated carbocycles. The largest absolute Gasteiger partial charge is 0.337 e. The summed E-state index contributed by atoms with van der Waals surface area (Å²) in [5, 5.41) is 0. The number of carbonyl (C=O) groups is 1. The molecule has 0 aliphatic heterocycles. The Morgan fingerprint density at radius 2 is 1.95 bits per heavy atom. The molecule has 0 bridgehead atoms. The van der Waals surface area contributed by atoms with Crippen molar-refractivity contribution in [2.45, 2.75) is 6.54 Å². The van der Waals surface area contributed by atoms with E-state index < -0.39 is 0 Å². The first-order valence-corrected chi connectivity index (χ1v) is 8.06. The molecule has 3 rings (SSSR count). The zero-order valence-electron chi connectivity index (χ0n) is 12.1. The molecule has 0 atom stereocenters. The maximum Gasteiger partial charge on any atom is 0.253 e. The second-order valence-corrected chi connectivity index (χ2v) is 6.81. The van der Waals surface area contributed by atoms with Gasteiger partial charge in [0.25, 0.3) is 5.91 Å². The predicted octanol–water partition coefficient (Wildman–Crippen LogP) is 4.46. The van der Waals surface area contributed by atoms with Gasteiger partial charge in [0, 0.05) is 35.6 Å². The molecule has 0 aliphatic carbocycles. The minimum absolute atomic E-state index is 0.00136. The van der Waals surface area contributed by atoms with E-state index in [1.165, 1.54) is 11.3 Å².